The number of halogens is 2. The zero-order chi connectivity index (χ0) is 55.3. The number of hydrogen-bond acceptors (Lipinski definition) is 9. The van der Waals surface area contributed by atoms with E-state index in [0.717, 1.165) is 60.1 Å². The minimum absolute atomic E-state index is 0.0298. The fourth-order valence-corrected chi connectivity index (χ4v) is 11.2. The van der Waals surface area contributed by atoms with Gasteiger partial charge in [-0.25, -0.2) is 8.78 Å². The summed E-state index contributed by atoms with van der Waals surface area (Å²) in [5.74, 6) is -5.09. The van der Waals surface area contributed by atoms with Crippen molar-refractivity contribution in [2.75, 3.05) is 20.6 Å². The number of amides is 7. The molecule has 16 nitrogen and oxygen atoms in total. The number of fused-ring (bicyclic) bond motifs is 3. The molecule has 2 heterocycles. The van der Waals surface area contributed by atoms with Crippen LogP contribution in [0.2, 0.25) is 0 Å². The molecule has 8 rings (SSSR count). The van der Waals surface area contributed by atoms with Crippen molar-refractivity contribution >= 4 is 41.4 Å². The predicted molar refractivity (Wildman–Crippen MR) is 287 cm³/mol. The van der Waals surface area contributed by atoms with Crippen LogP contribution in [0.3, 0.4) is 0 Å². The molecule has 0 aromatic heterocycles. The topological polar surface area (TPSA) is 210 Å². The number of carbonyl (C=O) groups is 7. The summed E-state index contributed by atoms with van der Waals surface area (Å²) in [5.41, 5.74) is 5.11. The monoisotopic (exact) mass is 1060 g/mol. The van der Waals surface area contributed by atoms with Gasteiger partial charge >= 0.3 is 0 Å². The number of carbonyl (C=O) groups excluding carboxylic acids is 7. The van der Waals surface area contributed by atoms with Gasteiger partial charge in [-0.15, -0.1) is 0 Å². The molecule has 0 radical (unpaired) electrons. The predicted octanol–water partition coefficient (Wildman–Crippen LogP) is 4.78. The van der Waals surface area contributed by atoms with E-state index < -0.39 is 88.9 Å². The van der Waals surface area contributed by atoms with E-state index in [-0.39, 0.29) is 67.4 Å². The number of hydrogen-bond donors (Lipinski definition) is 7. The van der Waals surface area contributed by atoms with E-state index in [1.54, 1.807) is 46.1 Å². The molecule has 4 aromatic rings. The molecule has 0 unspecified atom stereocenters. The lowest BCUT2D eigenvalue weighted by Crippen LogP contribution is -2.59. The van der Waals surface area contributed by atoms with Crippen molar-refractivity contribution in [1.29, 1.82) is 0 Å². The highest BCUT2D eigenvalue weighted by Gasteiger charge is 2.47. The molecular weight excluding hydrogens is 985 g/mol. The molecule has 7 amide bonds. The van der Waals surface area contributed by atoms with Crippen LogP contribution in [-0.4, -0.2) is 114 Å². The first kappa shape index (κ1) is 56.2. The highest BCUT2D eigenvalue weighted by Crippen LogP contribution is 2.34. The van der Waals surface area contributed by atoms with Crippen LogP contribution in [-0.2, 0) is 61.0 Å². The van der Waals surface area contributed by atoms with Crippen LogP contribution in [0.1, 0.15) is 128 Å². The van der Waals surface area contributed by atoms with Crippen molar-refractivity contribution < 1.29 is 42.3 Å². The molecular formula is C59H73F2N9O7. The minimum Gasteiger partial charge on any atom is -0.347 e. The highest BCUT2D eigenvalue weighted by molar-refractivity contribution is 5.97. The average molecular weight is 1060 g/mol. The van der Waals surface area contributed by atoms with Gasteiger partial charge in [0.1, 0.15) is 35.8 Å². The lowest BCUT2D eigenvalue weighted by Gasteiger charge is -2.39. The van der Waals surface area contributed by atoms with Crippen LogP contribution in [0.5, 0.6) is 0 Å². The molecule has 9 atom stereocenters. The Balaban J connectivity index is 1.08. The molecule has 4 aromatic carbocycles. The molecule has 4 aliphatic rings. The number of likely N-dealkylation sites (tertiary alicyclic amines) is 1. The van der Waals surface area contributed by atoms with E-state index in [4.69, 9.17) is 0 Å². The average Bonchev–Trinajstić information content (AvgIpc) is 3.85. The Morgan fingerprint density at radius 2 is 1.19 bits per heavy atom. The van der Waals surface area contributed by atoms with Gasteiger partial charge in [-0.3, -0.25) is 33.6 Å². The van der Waals surface area contributed by atoms with Crippen LogP contribution in [0, 0.1) is 17.0 Å². The summed E-state index contributed by atoms with van der Waals surface area (Å²) in [7, 11) is 3.22. The zero-order valence-corrected chi connectivity index (χ0v) is 45.1. The largest absolute Gasteiger partial charge is 0.347 e. The molecule has 2 aliphatic carbocycles. The summed E-state index contributed by atoms with van der Waals surface area (Å²) in [6, 6.07) is 16.7. The van der Waals surface area contributed by atoms with E-state index in [1.165, 1.54) is 9.80 Å². The number of rotatable bonds is 16. The second-order valence-electron chi connectivity index (χ2n) is 22.3. The fourth-order valence-electron chi connectivity index (χ4n) is 11.2. The van der Waals surface area contributed by atoms with E-state index in [2.05, 4.69) is 43.3 Å². The van der Waals surface area contributed by atoms with Crippen molar-refractivity contribution in [2.45, 2.75) is 153 Å². The highest BCUT2D eigenvalue weighted by atomic mass is 19.1. The van der Waals surface area contributed by atoms with Crippen LogP contribution >= 0.6 is 0 Å². The Kier molecular flexibility index (Phi) is 17.6. The zero-order valence-electron chi connectivity index (χ0n) is 45.1. The van der Waals surface area contributed by atoms with Gasteiger partial charge in [0.2, 0.25) is 35.4 Å². The maximum Gasteiger partial charge on any atom is 0.251 e. The Bertz CT molecular complexity index is 2870. The number of likely N-dealkylation sites (N-methyl/N-ethyl adjacent to an activating group) is 2. The van der Waals surface area contributed by atoms with E-state index in [1.807, 2.05) is 63.2 Å². The number of nitrogens with one attached hydrogen (secondary N) is 7. The van der Waals surface area contributed by atoms with Gasteiger partial charge in [0, 0.05) is 43.6 Å². The molecule has 0 saturated carbocycles. The third-order valence-corrected chi connectivity index (χ3v) is 15.8. The molecule has 7 N–H and O–H groups in total. The van der Waals surface area contributed by atoms with E-state index >= 15 is 4.79 Å². The summed E-state index contributed by atoms with van der Waals surface area (Å²) in [6.45, 7) is 8.61. The lowest BCUT2D eigenvalue weighted by molar-refractivity contribution is -0.145. The summed E-state index contributed by atoms with van der Waals surface area (Å²) >= 11 is 0. The standard InChI is InChI=1S/C59H73F2N9O7/c1-33(62-6)52(71)67-48(26-35-24-41(60)29-42(61)25-35)57(76)69-31-40-27-39(23-22-38(40)28-49(69)55(74)65-46-20-12-16-36-14-8-10-18-44(36)46)54(73)64-43-30-50(56(75)66-47-21-13-17-37-15-9-11-19-45(37)47)70(32-43)58(77)51(59(3,4)5)68-53(72)34(2)63-7/h8-11,14-15,18-19,22-25,27,29,33-34,43,46-51,62-63H,12-13,16-17,20-21,26,28,30-32H2,1-7H3,(H,64,73)(H,65,74)(H,66,75)(H,67,71)(H,68,72)/t33-,34-,43-,46+,47+,48-,49-,50-,51+/m0/s1. The van der Waals surface area contributed by atoms with E-state index in [9.17, 15) is 37.5 Å². The Morgan fingerprint density at radius 1 is 0.636 bits per heavy atom. The minimum atomic E-state index is -1.36. The van der Waals surface area contributed by atoms with Gasteiger partial charge in [0.05, 0.1) is 24.2 Å². The third-order valence-electron chi connectivity index (χ3n) is 15.8. The first-order valence-electron chi connectivity index (χ1n) is 26.9. The van der Waals surface area contributed by atoms with Gasteiger partial charge in [-0.2, -0.15) is 0 Å². The van der Waals surface area contributed by atoms with Crippen LogP contribution < -0.4 is 37.2 Å². The molecule has 1 saturated heterocycles. The van der Waals surface area contributed by atoms with E-state index in [0.29, 0.717) is 30.0 Å². The molecule has 0 bridgehead atoms. The molecule has 0 spiro atoms. The summed E-state index contributed by atoms with van der Waals surface area (Å²) in [6.07, 6.45) is 4.70. The number of aryl methyl sites for hydroxylation is 2. The van der Waals surface area contributed by atoms with Gasteiger partial charge in [-0.1, -0.05) is 75.4 Å². The van der Waals surface area contributed by atoms with Gasteiger partial charge in [0.25, 0.3) is 5.91 Å². The Morgan fingerprint density at radius 3 is 1.77 bits per heavy atom. The van der Waals surface area contributed by atoms with Crippen LogP contribution in [0.15, 0.2) is 84.9 Å². The number of nitrogens with zero attached hydrogens (tertiary/aromatic N) is 2. The smallest absolute Gasteiger partial charge is 0.251 e. The quantitative estimate of drug-likeness (QED) is 0.0823. The van der Waals surface area contributed by atoms with Gasteiger partial charge in [0.15, 0.2) is 0 Å². The van der Waals surface area contributed by atoms with Crippen LogP contribution in [0.25, 0.3) is 0 Å². The van der Waals surface area contributed by atoms with Crippen LogP contribution in [0.4, 0.5) is 8.78 Å². The fraction of sp³-hybridized carbons (Fsp3) is 0.475. The Labute approximate surface area is 449 Å². The van der Waals surface area contributed by atoms with Gasteiger partial charge in [-0.05, 0) is 142 Å². The van der Waals surface area contributed by atoms with Crippen molar-refractivity contribution in [1.82, 2.24) is 47.0 Å². The molecule has 77 heavy (non-hydrogen) atoms. The molecule has 18 heteroatoms. The maximum absolute atomic E-state index is 15.1. The molecule has 410 valence electrons. The van der Waals surface area contributed by atoms with Crippen molar-refractivity contribution in [3.8, 4) is 0 Å². The summed E-state index contributed by atoms with van der Waals surface area (Å²) in [5, 5.41) is 21.0. The first-order valence-corrected chi connectivity index (χ1v) is 26.9. The Hall–Kier alpha value is -7.05. The normalized spacial score (nSPS) is 21.4. The SMILES string of the molecule is CN[C@@H](C)C(=O)N[C@@H](Cc1cc(F)cc(F)c1)C(=O)N1Cc2cc(C(=O)N[C@H]3C[C@@H](C(=O)N[C@@H]4CCCc5ccccc54)N(C(=O)[C@@H](NC(=O)[C@H](C)NC)C(C)(C)C)C3)ccc2C[C@H]1C(=O)N[C@@H]1CCCc2ccccc21. The second kappa shape index (κ2) is 24.1. The van der Waals surface area contributed by atoms with Crippen molar-refractivity contribution in [2.24, 2.45) is 5.41 Å². The van der Waals surface area contributed by atoms with Crippen molar-refractivity contribution in [3.63, 3.8) is 0 Å². The van der Waals surface area contributed by atoms with Gasteiger partial charge < -0.3 is 47.0 Å². The molecule has 2 aliphatic heterocycles. The number of benzene rings is 4. The summed E-state index contributed by atoms with van der Waals surface area (Å²) < 4.78 is 29.2. The lowest BCUT2D eigenvalue weighted by atomic mass is 9.85. The second-order valence-corrected chi connectivity index (χ2v) is 22.3. The third kappa shape index (κ3) is 13.0. The first-order chi connectivity index (χ1) is 36.7. The van der Waals surface area contributed by atoms with Crippen molar-refractivity contribution in [3.05, 3.63) is 141 Å². The molecule has 1 fully saturated rings. The maximum atomic E-state index is 15.1. The summed E-state index contributed by atoms with van der Waals surface area (Å²) in [4.78, 5) is 103.